The van der Waals surface area contributed by atoms with Gasteiger partial charge in [-0.05, 0) is 17.6 Å². The lowest BCUT2D eigenvalue weighted by Gasteiger charge is -2.36. The molecule has 8 nitrogen and oxygen atoms in total. The second kappa shape index (κ2) is 6.56. The molecule has 2 fully saturated rings. The molecule has 2 saturated heterocycles. The topological polar surface area (TPSA) is 117 Å². The zero-order chi connectivity index (χ0) is 16.6. The van der Waals surface area contributed by atoms with E-state index in [2.05, 4.69) is 5.32 Å². The highest BCUT2D eigenvalue weighted by Gasteiger charge is 2.53. The quantitative estimate of drug-likeness (QED) is 0.485. The number of carbonyl (C=O) groups is 1. The van der Waals surface area contributed by atoms with Crippen molar-refractivity contribution in [3.8, 4) is 0 Å². The van der Waals surface area contributed by atoms with Crippen molar-refractivity contribution >= 4 is 24.2 Å². The third-order valence-corrected chi connectivity index (χ3v) is 3.85. The molecule has 0 spiro atoms. The van der Waals surface area contributed by atoms with Crippen molar-refractivity contribution in [2.24, 2.45) is 0 Å². The van der Waals surface area contributed by atoms with E-state index in [0.717, 1.165) is 0 Å². The fraction of sp³-hybridized carbons (Fsp3) is 0.500. The fourth-order valence-corrected chi connectivity index (χ4v) is 2.81. The van der Waals surface area contributed by atoms with Crippen molar-refractivity contribution in [2.75, 3.05) is 11.9 Å². The van der Waals surface area contributed by atoms with Crippen LogP contribution in [0.4, 0.5) is 5.69 Å². The summed E-state index contributed by atoms with van der Waals surface area (Å²) in [6.07, 6.45) is -4.91. The summed E-state index contributed by atoms with van der Waals surface area (Å²) in [6, 6.07) is 6.87. The highest BCUT2D eigenvalue weighted by molar-refractivity contribution is 6.61. The Bertz CT molecular complexity index is 586. The van der Waals surface area contributed by atoms with Crippen LogP contribution in [0.1, 0.15) is 6.92 Å². The van der Waals surface area contributed by atoms with Crippen LogP contribution in [-0.2, 0) is 18.8 Å². The number of carbonyl (C=O) groups excluding carboxylic acids is 1. The van der Waals surface area contributed by atoms with Gasteiger partial charge in [0.2, 0.25) is 5.91 Å². The standard InChI is InChI=1S/C14H18BNO7/c1-7(18)16-9-4-2-3-8(5-9)15-22-10(6-17)12-13(23-15)11(19)14(20)21-12/h2-5,10-14,17,19-20H,6H2,1H3,(H,16,18). The van der Waals surface area contributed by atoms with Crippen LogP contribution in [0.25, 0.3) is 0 Å². The molecule has 3 rings (SSSR count). The van der Waals surface area contributed by atoms with Gasteiger partial charge in [0.25, 0.3) is 0 Å². The van der Waals surface area contributed by atoms with Gasteiger partial charge < -0.3 is 34.7 Å². The lowest BCUT2D eigenvalue weighted by molar-refractivity contribution is -0.153. The molecule has 124 valence electrons. The molecular weight excluding hydrogens is 305 g/mol. The van der Waals surface area contributed by atoms with Crippen molar-refractivity contribution in [1.82, 2.24) is 0 Å². The Morgan fingerprint density at radius 1 is 1.30 bits per heavy atom. The summed E-state index contributed by atoms with van der Waals surface area (Å²) < 4.78 is 16.5. The number of aliphatic hydroxyl groups excluding tert-OH is 3. The number of nitrogens with one attached hydrogen (secondary N) is 1. The van der Waals surface area contributed by atoms with Crippen LogP contribution in [0.3, 0.4) is 0 Å². The molecule has 0 saturated carbocycles. The van der Waals surface area contributed by atoms with Crippen molar-refractivity contribution < 1.29 is 34.2 Å². The lowest BCUT2D eigenvalue weighted by Crippen LogP contribution is -2.58. The van der Waals surface area contributed by atoms with E-state index in [1.54, 1.807) is 24.3 Å². The first-order valence-corrected chi connectivity index (χ1v) is 7.30. The Labute approximate surface area is 133 Å². The Hall–Kier alpha value is -1.49. The summed E-state index contributed by atoms with van der Waals surface area (Å²) in [6.45, 7) is 1.06. The molecule has 1 amide bonds. The molecule has 4 N–H and O–H groups in total. The number of rotatable bonds is 3. The van der Waals surface area contributed by atoms with Gasteiger partial charge in [-0.2, -0.15) is 0 Å². The van der Waals surface area contributed by atoms with E-state index >= 15 is 0 Å². The maximum absolute atomic E-state index is 11.1. The van der Waals surface area contributed by atoms with E-state index in [1.807, 2.05) is 0 Å². The smallest absolute Gasteiger partial charge is 0.399 e. The van der Waals surface area contributed by atoms with Gasteiger partial charge in [0.1, 0.15) is 18.3 Å². The number of anilines is 1. The summed E-state index contributed by atoms with van der Waals surface area (Å²) in [4.78, 5) is 11.1. The van der Waals surface area contributed by atoms with Crippen LogP contribution in [0.15, 0.2) is 24.3 Å². The number of fused-ring (bicyclic) bond motifs is 1. The highest BCUT2D eigenvalue weighted by atomic mass is 16.7. The lowest BCUT2D eigenvalue weighted by atomic mass is 9.75. The largest absolute Gasteiger partial charge is 0.494 e. The minimum atomic E-state index is -1.38. The molecule has 5 atom stereocenters. The molecule has 2 heterocycles. The van der Waals surface area contributed by atoms with Gasteiger partial charge in [0.15, 0.2) is 6.29 Å². The van der Waals surface area contributed by atoms with Gasteiger partial charge in [0.05, 0.1) is 12.7 Å². The SMILES string of the molecule is CC(=O)Nc1cccc(B2OC(CO)C3OC(O)C(O)C3O2)c1. The normalized spacial score (nSPS) is 33.4. The predicted molar refractivity (Wildman–Crippen MR) is 79.9 cm³/mol. The first-order chi connectivity index (χ1) is 11.0. The molecule has 23 heavy (non-hydrogen) atoms. The van der Waals surface area contributed by atoms with E-state index in [0.29, 0.717) is 11.2 Å². The molecule has 9 heteroatoms. The summed E-state index contributed by atoms with van der Waals surface area (Å²) in [5.74, 6) is -0.205. The van der Waals surface area contributed by atoms with Crippen LogP contribution in [0.2, 0.25) is 0 Å². The van der Waals surface area contributed by atoms with E-state index in [-0.39, 0.29) is 12.5 Å². The monoisotopic (exact) mass is 323 g/mol. The van der Waals surface area contributed by atoms with Crippen LogP contribution in [0, 0.1) is 0 Å². The summed E-state index contributed by atoms with van der Waals surface area (Å²) >= 11 is 0. The molecule has 0 bridgehead atoms. The number of hydrogen-bond donors (Lipinski definition) is 4. The van der Waals surface area contributed by atoms with Gasteiger partial charge in [-0.15, -0.1) is 0 Å². The van der Waals surface area contributed by atoms with Crippen LogP contribution < -0.4 is 10.8 Å². The molecule has 0 aromatic heterocycles. The van der Waals surface area contributed by atoms with Gasteiger partial charge >= 0.3 is 7.12 Å². The number of hydrogen-bond acceptors (Lipinski definition) is 7. The summed E-state index contributed by atoms with van der Waals surface area (Å²) in [5, 5.41) is 31.7. The fourth-order valence-electron chi connectivity index (χ4n) is 2.81. The van der Waals surface area contributed by atoms with Crippen LogP contribution in [0.5, 0.6) is 0 Å². The van der Waals surface area contributed by atoms with Crippen molar-refractivity contribution in [3.63, 3.8) is 0 Å². The third-order valence-electron chi connectivity index (χ3n) is 3.85. The van der Waals surface area contributed by atoms with Gasteiger partial charge in [0, 0.05) is 12.6 Å². The number of ether oxygens (including phenoxy) is 1. The second-order valence-electron chi connectivity index (χ2n) is 5.58. The Morgan fingerprint density at radius 3 is 2.78 bits per heavy atom. The zero-order valence-electron chi connectivity index (χ0n) is 12.5. The molecule has 1 aromatic rings. The van der Waals surface area contributed by atoms with E-state index in [4.69, 9.17) is 14.0 Å². The maximum Gasteiger partial charge on any atom is 0.494 e. The van der Waals surface area contributed by atoms with Crippen molar-refractivity contribution in [2.45, 2.75) is 37.6 Å². The van der Waals surface area contributed by atoms with E-state index < -0.39 is 37.8 Å². The van der Waals surface area contributed by atoms with Crippen LogP contribution in [-0.4, -0.2) is 65.7 Å². The van der Waals surface area contributed by atoms with E-state index in [9.17, 15) is 20.1 Å². The average molecular weight is 323 g/mol. The van der Waals surface area contributed by atoms with Gasteiger partial charge in [-0.25, -0.2) is 0 Å². The molecule has 0 aliphatic carbocycles. The number of aliphatic hydroxyl groups is 3. The molecule has 2 aliphatic heterocycles. The minimum absolute atomic E-state index is 0.205. The summed E-state index contributed by atoms with van der Waals surface area (Å²) in [7, 11) is -0.856. The molecule has 2 aliphatic rings. The minimum Gasteiger partial charge on any atom is -0.399 e. The third kappa shape index (κ3) is 3.25. The zero-order valence-corrected chi connectivity index (χ0v) is 12.5. The Morgan fingerprint density at radius 2 is 2.09 bits per heavy atom. The number of benzene rings is 1. The Kier molecular flexibility index (Phi) is 4.67. The van der Waals surface area contributed by atoms with Crippen molar-refractivity contribution in [3.05, 3.63) is 24.3 Å². The average Bonchev–Trinajstić information content (AvgIpc) is 2.81. The molecule has 1 aromatic carbocycles. The second-order valence-corrected chi connectivity index (χ2v) is 5.58. The predicted octanol–water partition coefficient (Wildman–Crippen LogP) is -1.81. The molecule has 0 radical (unpaired) electrons. The summed E-state index contributed by atoms with van der Waals surface area (Å²) in [5.41, 5.74) is 1.19. The van der Waals surface area contributed by atoms with Gasteiger partial charge in [-0.3, -0.25) is 4.79 Å². The molecular formula is C14H18BNO7. The van der Waals surface area contributed by atoms with E-state index in [1.165, 1.54) is 6.92 Å². The highest BCUT2D eigenvalue weighted by Crippen LogP contribution is 2.30. The maximum atomic E-state index is 11.1. The molecule has 5 unspecified atom stereocenters. The van der Waals surface area contributed by atoms with Crippen molar-refractivity contribution in [1.29, 1.82) is 0 Å². The first kappa shape index (κ1) is 16.4. The number of amides is 1. The van der Waals surface area contributed by atoms with Gasteiger partial charge in [-0.1, -0.05) is 12.1 Å². The first-order valence-electron chi connectivity index (χ1n) is 7.30. The van der Waals surface area contributed by atoms with Crippen LogP contribution >= 0.6 is 0 Å². The Balaban J connectivity index is 1.82.